The molecule has 0 fully saturated rings. The number of hydrogen-bond donors (Lipinski definition) is 3. The molecule has 0 atom stereocenters. The summed E-state index contributed by atoms with van der Waals surface area (Å²) in [5.41, 5.74) is 2.44. The summed E-state index contributed by atoms with van der Waals surface area (Å²) < 4.78 is 23.6. The third-order valence-electron chi connectivity index (χ3n) is 5.09. The summed E-state index contributed by atoms with van der Waals surface area (Å²) in [5.74, 6) is -1.70. The number of hydrogen-bond acceptors (Lipinski definition) is 5. The lowest BCUT2D eigenvalue weighted by Gasteiger charge is -2.13. The lowest BCUT2D eigenvalue weighted by atomic mass is 10.1. The molecule has 33 heavy (non-hydrogen) atoms. The van der Waals surface area contributed by atoms with Crippen molar-refractivity contribution in [3.05, 3.63) is 76.4 Å². The highest BCUT2D eigenvalue weighted by molar-refractivity contribution is 6.08. The van der Waals surface area contributed by atoms with Crippen LogP contribution in [0.15, 0.2) is 42.5 Å². The number of benzene rings is 2. The number of esters is 1. The third kappa shape index (κ3) is 5.03. The van der Waals surface area contributed by atoms with Crippen molar-refractivity contribution in [1.82, 2.24) is 4.98 Å². The molecule has 0 saturated heterocycles. The molecule has 2 aromatic carbocycles. The van der Waals surface area contributed by atoms with E-state index >= 15 is 0 Å². The van der Waals surface area contributed by atoms with E-state index in [1.54, 1.807) is 19.1 Å². The smallest absolute Gasteiger partial charge is 0.339 e. The van der Waals surface area contributed by atoms with Gasteiger partial charge in [0.2, 0.25) is 0 Å². The van der Waals surface area contributed by atoms with Crippen molar-refractivity contribution < 1.29 is 28.2 Å². The van der Waals surface area contributed by atoms with Gasteiger partial charge in [0.25, 0.3) is 11.8 Å². The van der Waals surface area contributed by atoms with Crippen LogP contribution in [0.3, 0.4) is 0 Å². The summed E-state index contributed by atoms with van der Waals surface area (Å²) >= 11 is 0. The topological polar surface area (TPSA) is 110 Å². The van der Waals surface area contributed by atoms with Gasteiger partial charge in [-0.3, -0.25) is 9.59 Å². The standard InChI is InChI=1S/C24H24FN3O5/c1-5-17-20(24(31)33-4)13(2)21(27-17)23(30)26-16-9-10-19(32-3)18(12-16)28-22(29)14-7-6-8-15(25)11-14/h6-12,27H,5H2,1-4H3,(H,26,30)(H,28,29). The predicted octanol–water partition coefficient (Wildman–Crippen LogP) is 4.32. The Labute approximate surface area is 190 Å². The number of anilines is 2. The van der Waals surface area contributed by atoms with Gasteiger partial charge in [0, 0.05) is 16.9 Å². The van der Waals surface area contributed by atoms with Crippen LogP contribution in [0, 0.1) is 12.7 Å². The van der Waals surface area contributed by atoms with Crippen LogP contribution in [-0.2, 0) is 11.2 Å². The summed E-state index contributed by atoms with van der Waals surface area (Å²) in [6, 6.07) is 9.98. The first kappa shape index (κ1) is 23.5. The van der Waals surface area contributed by atoms with Crippen molar-refractivity contribution in [1.29, 1.82) is 0 Å². The number of methoxy groups -OCH3 is 2. The average Bonchev–Trinajstić information content (AvgIpc) is 3.15. The van der Waals surface area contributed by atoms with Gasteiger partial charge in [-0.05, 0) is 55.3 Å². The number of aromatic nitrogens is 1. The summed E-state index contributed by atoms with van der Waals surface area (Å²) in [6.45, 7) is 3.52. The summed E-state index contributed by atoms with van der Waals surface area (Å²) in [6.07, 6.45) is 0.511. The van der Waals surface area contributed by atoms with Crippen LogP contribution >= 0.6 is 0 Å². The van der Waals surface area contributed by atoms with Crippen molar-refractivity contribution in [3.8, 4) is 5.75 Å². The molecule has 0 aliphatic heterocycles. The van der Waals surface area contributed by atoms with E-state index in [9.17, 15) is 18.8 Å². The molecule has 2 amide bonds. The zero-order chi connectivity index (χ0) is 24.1. The highest BCUT2D eigenvalue weighted by Gasteiger charge is 2.24. The van der Waals surface area contributed by atoms with E-state index in [4.69, 9.17) is 9.47 Å². The summed E-state index contributed by atoms with van der Waals surface area (Å²) in [7, 11) is 2.72. The van der Waals surface area contributed by atoms with Gasteiger partial charge < -0.3 is 25.1 Å². The van der Waals surface area contributed by atoms with E-state index in [2.05, 4.69) is 15.6 Å². The van der Waals surface area contributed by atoms with E-state index < -0.39 is 23.6 Å². The first-order valence-corrected chi connectivity index (χ1v) is 10.1. The Morgan fingerprint density at radius 1 is 1.03 bits per heavy atom. The number of ether oxygens (including phenoxy) is 2. The minimum absolute atomic E-state index is 0.135. The fourth-order valence-corrected chi connectivity index (χ4v) is 3.43. The van der Waals surface area contributed by atoms with Gasteiger partial charge in [-0.2, -0.15) is 0 Å². The van der Waals surface area contributed by atoms with Crippen LogP contribution in [0.5, 0.6) is 5.75 Å². The molecule has 3 aromatic rings. The van der Waals surface area contributed by atoms with Crippen LogP contribution in [0.1, 0.15) is 49.4 Å². The molecule has 0 bridgehead atoms. The van der Waals surface area contributed by atoms with E-state index in [1.807, 2.05) is 6.92 Å². The number of aromatic amines is 1. The van der Waals surface area contributed by atoms with Crippen LogP contribution in [0.4, 0.5) is 15.8 Å². The molecular formula is C24H24FN3O5. The number of halogens is 1. The molecule has 1 heterocycles. The molecule has 172 valence electrons. The van der Waals surface area contributed by atoms with Crippen molar-refractivity contribution in [2.75, 3.05) is 24.9 Å². The Bertz CT molecular complexity index is 1220. The average molecular weight is 453 g/mol. The summed E-state index contributed by atoms with van der Waals surface area (Å²) in [5, 5.41) is 5.41. The molecule has 9 heteroatoms. The van der Waals surface area contributed by atoms with Crippen LogP contribution in [-0.4, -0.2) is 37.0 Å². The van der Waals surface area contributed by atoms with Crippen LogP contribution < -0.4 is 15.4 Å². The SMILES string of the molecule is CCc1[nH]c(C(=O)Nc2ccc(OC)c(NC(=O)c3cccc(F)c3)c2)c(C)c1C(=O)OC. The number of amides is 2. The molecule has 3 N–H and O–H groups in total. The number of rotatable bonds is 7. The Morgan fingerprint density at radius 2 is 1.79 bits per heavy atom. The predicted molar refractivity (Wildman–Crippen MR) is 122 cm³/mol. The van der Waals surface area contributed by atoms with E-state index in [-0.39, 0.29) is 16.9 Å². The highest BCUT2D eigenvalue weighted by atomic mass is 19.1. The molecule has 0 aliphatic rings. The fraction of sp³-hybridized carbons (Fsp3) is 0.208. The third-order valence-corrected chi connectivity index (χ3v) is 5.09. The first-order chi connectivity index (χ1) is 15.8. The number of nitrogens with one attached hydrogen (secondary N) is 3. The first-order valence-electron chi connectivity index (χ1n) is 10.1. The lowest BCUT2D eigenvalue weighted by Crippen LogP contribution is -2.16. The van der Waals surface area contributed by atoms with Gasteiger partial charge in [-0.25, -0.2) is 9.18 Å². The van der Waals surface area contributed by atoms with Gasteiger partial charge in [-0.1, -0.05) is 13.0 Å². The normalized spacial score (nSPS) is 10.5. The number of aryl methyl sites for hydroxylation is 1. The van der Waals surface area contributed by atoms with Gasteiger partial charge in [0.05, 0.1) is 25.5 Å². The summed E-state index contributed by atoms with van der Waals surface area (Å²) in [4.78, 5) is 40.6. The second-order valence-corrected chi connectivity index (χ2v) is 7.16. The van der Waals surface area contributed by atoms with Crippen molar-refractivity contribution in [2.45, 2.75) is 20.3 Å². The molecular weight excluding hydrogens is 429 g/mol. The van der Waals surface area contributed by atoms with Crippen LogP contribution in [0.25, 0.3) is 0 Å². The van der Waals surface area contributed by atoms with Gasteiger partial charge >= 0.3 is 5.97 Å². The highest BCUT2D eigenvalue weighted by Crippen LogP contribution is 2.29. The zero-order valence-electron chi connectivity index (χ0n) is 18.7. The van der Waals surface area contributed by atoms with E-state index in [1.165, 1.54) is 38.5 Å². The minimum atomic E-state index is -0.535. The maximum atomic E-state index is 13.5. The van der Waals surface area contributed by atoms with E-state index in [0.717, 1.165) is 6.07 Å². The van der Waals surface area contributed by atoms with Gasteiger partial charge in [-0.15, -0.1) is 0 Å². The van der Waals surface area contributed by atoms with Crippen LogP contribution in [0.2, 0.25) is 0 Å². The minimum Gasteiger partial charge on any atom is -0.495 e. The monoisotopic (exact) mass is 453 g/mol. The molecule has 0 spiro atoms. The Kier molecular flexibility index (Phi) is 7.12. The molecule has 0 saturated carbocycles. The Morgan fingerprint density at radius 3 is 2.42 bits per heavy atom. The maximum Gasteiger partial charge on any atom is 0.339 e. The number of carbonyl (C=O) groups excluding carboxylic acids is 3. The number of carbonyl (C=O) groups is 3. The fourth-order valence-electron chi connectivity index (χ4n) is 3.43. The molecule has 0 unspecified atom stereocenters. The molecule has 1 aromatic heterocycles. The zero-order valence-corrected chi connectivity index (χ0v) is 18.7. The molecule has 8 nitrogen and oxygen atoms in total. The quantitative estimate of drug-likeness (QED) is 0.462. The molecule has 0 aliphatic carbocycles. The van der Waals surface area contributed by atoms with Crippen molar-refractivity contribution in [3.63, 3.8) is 0 Å². The molecule has 3 rings (SSSR count). The van der Waals surface area contributed by atoms with E-state index in [0.29, 0.717) is 34.7 Å². The van der Waals surface area contributed by atoms with Gasteiger partial charge in [0.1, 0.15) is 17.3 Å². The van der Waals surface area contributed by atoms with Gasteiger partial charge in [0.15, 0.2) is 0 Å². The van der Waals surface area contributed by atoms with Crippen molar-refractivity contribution >= 4 is 29.2 Å². The Balaban J connectivity index is 1.86. The number of H-pyrrole nitrogens is 1. The second-order valence-electron chi connectivity index (χ2n) is 7.16. The molecule has 0 radical (unpaired) electrons. The second kappa shape index (κ2) is 9.99. The Hall–Kier alpha value is -4.14. The lowest BCUT2D eigenvalue weighted by molar-refractivity contribution is 0.0598. The largest absolute Gasteiger partial charge is 0.495 e. The van der Waals surface area contributed by atoms with Crippen molar-refractivity contribution in [2.24, 2.45) is 0 Å². The maximum absolute atomic E-state index is 13.5.